The van der Waals surface area contributed by atoms with Crippen LogP contribution in [0, 0.1) is 6.92 Å². The van der Waals surface area contributed by atoms with Crippen LogP contribution < -0.4 is 0 Å². The molecule has 0 spiro atoms. The number of rotatable bonds is 5. The minimum atomic E-state index is 0.236. The summed E-state index contributed by atoms with van der Waals surface area (Å²) in [5.41, 5.74) is 6.12. The molecule has 0 unspecified atom stereocenters. The maximum Gasteiger partial charge on any atom is 0.173 e. The third-order valence-corrected chi connectivity index (χ3v) is 6.95. The van der Waals surface area contributed by atoms with Gasteiger partial charge in [0.25, 0.3) is 0 Å². The van der Waals surface area contributed by atoms with E-state index in [0.29, 0.717) is 12.8 Å². The molecule has 5 rings (SSSR count). The molecule has 146 valence electrons. The Morgan fingerprint density at radius 3 is 2.93 bits per heavy atom. The fourth-order valence-electron chi connectivity index (χ4n) is 4.08. The van der Waals surface area contributed by atoms with Gasteiger partial charge in [-0.25, -0.2) is 9.97 Å². The normalized spacial score (nSPS) is 13.6. The van der Waals surface area contributed by atoms with Crippen LogP contribution in [0.2, 0.25) is 0 Å². The van der Waals surface area contributed by atoms with E-state index < -0.39 is 0 Å². The maximum absolute atomic E-state index is 12.7. The van der Waals surface area contributed by atoms with Crippen molar-refractivity contribution >= 4 is 28.2 Å². The molecule has 0 aliphatic heterocycles. The molecule has 0 atom stereocenters. The number of aromatic nitrogens is 4. The highest BCUT2D eigenvalue weighted by molar-refractivity contribution is 7.14. The average molecular weight is 403 g/mol. The zero-order valence-corrected chi connectivity index (χ0v) is 17.2. The molecule has 0 amide bonds. The van der Waals surface area contributed by atoms with Crippen LogP contribution in [0.5, 0.6) is 0 Å². The predicted molar refractivity (Wildman–Crippen MR) is 115 cm³/mol. The third kappa shape index (κ3) is 3.49. The number of fused-ring (bicyclic) bond motifs is 2. The molecular weight excluding hydrogens is 380 g/mol. The van der Waals surface area contributed by atoms with Crippen LogP contribution in [0.1, 0.15) is 50.6 Å². The van der Waals surface area contributed by atoms with Gasteiger partial charge in [0.05, 0.1) is 10.6 Å². The van der Waals surface area contributed by atoms with E-state index >= 15 is 0 Å². The van der Waals surface area contributed by atoms with Gasteiger partial charge in [0, 0.05) is 40.3 Å². The molecule has 4 heterocycles. The first-order valence-corrected chi connectivity index (χ1v) is 10.9. The average Bonchev–Trinajstić information content (AvgIpc) is 3.39. The Hall–Kier alpha value is -2.86. The summed E-state index contributed by atoms with van der Waals surface area (Å²) in [6.07, 6.45) is 11.2. The van der Waals surface area contributed by atoms with E-state index in [1.807, 2.05) is 18.5 Å². The van der Waals surface area contributed by atoms with Crippen LogP contribution in [0.3, 0.4) is 0 Å². The maximum atomic E-state index is 12.7. The van der Waals surface area contributed by atoms with Gasteiger partial charge < -0.3 is 4.98 Å². The number of hydrogen-bond donors (Lipinski definition) is 1. The lowest BCUT2D eigenvalue weighted by atomic mass is 9.98. The van der Waals surface area contributed by atoms with Gasteiger partial charge in [0.2, 0.25) is 0 Å². The predicted octanol–water partition coefficient (Wildman–Crippen LogP) is 5.08. The summed E-state index contributed by atoms with van der Waals surface area (Å²) >= 11 is 1.70. The Balaban J connectivity index is 1.33. The fraction of sp³-hybridized carbons (Fsp3) is 0.304. The van der Waals surface area contributed by atoms with Crippen LogP contribution in [-0.4, -0.2) is 25.7 Å². The molecule has 5 nitrogen and oxygen atoms in total. The second kappa shape index (κ2) is 7.52. The Morgan fingerprint density at radius 1 is 1.17 bits per heavy atom. The third-order valence-electron chi connectivity index (χ3n) is 5.67. The second-order valence-electron chi connectivity index (χ2n) is 7.64. The summed E-state index contributed by atoms with van der Waals surface area (Å²) in [6.45, 7) is 2.05. The summed E-state index contributed by atoms with van der Waals surface area (Å²) in [7, 11) is 0. The first kappa shape index (κ1) is 18.2. The van der Waals surface area contributed by atoms with Crippen molar-refractivity contribution in [2.24, 2.45) is 0 Å². The zero-order chi connectivity index (χ0) is 19.8. The molecule has 0 fully saturated rings. The Morgan fingerprint density at radius 2 is 2.07 bits per heavy atom. The smallest absolute Gasteiger partial charge is 0.173 e. The lowest BCUT2D eigenvalue weighted by Gasteiger charge is -2.08. The number of carbonyl (C=O) groups is 1. The van der Waals surface area contributed by atoms with Crippen molar-refractivity contribution in [2.45, 2.75) is 45.4 Å². The van der Waals surface area contributed by atoms with Crippen molar-refractivity contribution < 1.29 is 4.79 Å². The number of Topliss-reactive ketones (excluding diaryl/α,β-unsaturated/α-hetero) is 1. The minimum Gasteiger partial charge on any atom is -0.346 e. The lowest BCUT2D eigenvalue weighted by molar-refractivity contribution is 0.0986. The molecule has 4 aromatic heterocycles. The molecular formula is C23H22N4OS. The second-order valence-corrected chi connectivity index (χ2v) is 8.78. The van der Waals surface area contributed by atoms with Gasteiger partial charge in [-0.05, 0) is 68.4 Å². The SMILES string of the molecule is Cc1cc(-c2ncnc3[nH]ccc23)cnc1CCC(=O)c1cc2c(s1)CCCC2. The zero-order valence-electron chi connectivity index (χ0n) is 16.4. The van der Waals surface area contributed by atoms with E-state index in [0.717, 1.165) is 51.3 Å². The van der Waals surface area contributed by atoms with Gasteiger partial charge >= 0.3 is 0 Å². The van der Waals surface area contributed by atoms with Crippen LogP contribution in [0.25, 0.3) is 22.3 Å². The summed E-state index contributed by atoms with van der Waals surface area (Å²) < 4.78 is 0. The molecule has 0 radical (unpaired) electrons. The highest BCUT2D eigenvalue weighted by Gasteiger charge is 2.18. The number of H-pyrrole nitrogens is 1. The van der Waals surface area contributed by atoms with Crippen molar-refractivity contribution in [1.82, 2.24) is 19.9 Å². The van der Waals surface area contributed by atoms with E-state index in [-0.39, 0.29) is 5.78 Å². The Kier molecular flexibility index (Phi) is 4.72. The van der Waals surface area contributed by atoms with E-state index in [9.17, 15) is 4.79 Å². The minimum absolute atomic E-state index is 0.236. The van der Waals surface area contributed by atoms with Crippen molar-refractivity contribution in [3.63, 3.8) is 0 Å². The molecule has 1 aliphatic rings. The number of nitrogens with zero attached hydrogens (tertiary/aromatic N) is 3. The first-order valence-electron chi connectivity index (χ1n) is 10.1. The quantitative estimate of drug-likeness (QED) is 0.472. The van der Waals surface area contributed by atoms with Crippen LogP contribution in [0.4, 0.5) is 0 Å². The van der Waals surface area contributed by atoms with Crippen LogP contribution in [0.15, 0.2) is 36.9 Å². The van der Waals surface area contributed by atoms with Gasteiger partial charge in [-0.3, -0.25) is 9.78 Å². The van der Waals surface area contributed by atoms with Gasteiger partial charge in [-0.15, -0.1) is 11.3 Å². The van der Waals surface area contributed by atoms with Crippen molar-refractivity contribution in [1.29, 1.82) is 0 Å². The highest BCUT2D eigenvalue weighted by atomic mass is 32.1. The molecule has 4 aromatic rings. The largest absolute Gasteiger partial charge is 0.346 e. The summed E-state index contributed by atoms with van der Waals surface area (Å²) in [6, 6.07) is 6.21. The van der Waals surface area contributed by atoms with Gasteiger partial charge in [-0.2, -0.15) is 0 Å². The molecule has 0 saturated heterocycles. The number of hydrogen-bond acceptors (Lipinski definition) is 5. The molecule has 0 bridgehead atoms. The number of nitrogens with one attached hydrogen (secondary N) is 1. The lowest BCUT2D eigenvalue weighted by Crippen LogP contribution is -2.02. The molecule has 6 heteroatoms. The molecule has 29 heavy (non-hydrogen) atoms. The van der Waals surface area contributed by atoms with Gasteiger partial charge in [0.15, 0.2) is 5.78 Å². The first-order chi connectivity index (χ1) is 14.2. The molecule has 0 aromatic carbocycles. The number of aryl methyl sites for hydroxylation is 4. The fourth-order valence-corrected chi connectivity index (χ4v) is 5.30. The number of ketones is 1. The topological polar surface area (TPSA) is 71.5 Å². The highest BCUT2D eigenvalue weighted by Crippen LogP contribution is 2.31. The monoisotopic (exact) mass is 402 g/mol. The Bertz CT molecular complexity index is 1180. The van der Waals surface area contributed by atoms with E-state index in [2.05, 4.69) is 39.0 Å². The number of carbonyl (C=O) groups excluding carboxylic acids is 1. The summed E-state index contributed by atoms with van der Waals surface area (Å²) in [4.78, 5) is 31.5. The number of aromatic amines is 1. The molecule has 0 saturated carbocycles. The van der Waals surface area contributed by atoms with Crippen LogP contribution in [-0.2, 0) is 19.3 Å². The van der Waals surface area contributed by atoms with Gasteiger partial charge in [-0.1, -0.05) is 0 Å². The van der Waals surface area contributed by atoms with Crippen molar-refractivity contribution in [3.05, 3.63) is 63.5 Å². The van der Waals surface area contributed by atoms with E-state index in [4.69, 9.17) is 0 Å². The van der Waals surface area contributed by atoms with E-state index in [1.54, 1.807) is 17.7 Å². The van der Waals surface area contributed by atoms with Crippen molar-refractivity contribution in [3.8, 4) is 11.3 Å². The van der Waals surface area contributed by atoms with E-state index in [1.165, 1.54) is 23.3 Å². The summed E-state index contributed by atoms with van der Waals surface area (Å²) in [5, 5.41) is 0.985. The standard InChI is InChI=1S/C23H22N4OS/c1-14-10-16(22-17-8-9-24-23(17)27-13-26-22)12-25-18(14)6-7-19(28)21-11-15-4-2-3-5-20(15)29-21/h8-13H,2-7H2,1H3,(H,24,26,27). The molecule has 1 aliphatic carbocycles. The number of thiophene rings is 1. The molecule has 1 N–H and O–H groups in total. The van der Waals surface area contributed by atoms with Crippen molar-refractivity contribution in [2.75, 3.05) is 0 Å². The van der Waals surface area contributed by atoms with Gasteiger partial charge in [0.1, 0.15) is 12.0 Å². The summed E-state index contributed by atoms with van der Waals surface area (Å²) in [5.74, 6) is 0.236. The Labute approximate surface area is 173 Å². The number of pyridine rings is 1. The van der Waals surface area contributed by atoms with Crippen LogP contribution >= 0.6 is 11.3 Å².